The zero-order valence-electron chi connectivity index (χ0n) is 7.08. The van der Waals surface area contributed by atoms with Gasteiger partial charge in [0, 0.05) is 5.56 Å². The number of hydrogen-bond donors (Lipinski definition) is 2. The monoisotopic (exact) mass is 203 g/mol. The van der Waals surface area contributed by atoms with Crippen molar-refractivity contribution < 1.29 is 14.3 Å². The number of halogens is 1. The summed E-state index contributed by atoms with van der Waals surface area (Å²) in [7, 11) is 0. The van der Waals surface area contributed by atoms with Gasteiger partial charge in [0.15, 0.2) is 0 Å². The maximum atomic E-state index is 13.4. The maximum Gasteiger partial charge on any atom is 0.146 e. The van der Waals surface area contributed by atoms with Crippen molar-refractivity contribution in [2.24, 2.45) is 5.90 Å². The molecular formula is C8H10FNO2S. The summed E-state index contributed by atoms with van der Waals surface area (Å²) in [5, 5.41) is 9.25. The van der Waals surface area contributed by atoms with E-state index >= 15 is 0 Å². The molecule has 0 fully saturated rings. The maximum absolute atomic E-state index is 13.4. The molecule has 0 amide bonds. The minimum Gasteiger partial charge on any atom is -0.507 e. The van der Waals surface area contributed by atoms with Gasteiger partial charge in [-0.05, 0) is 18.4 Å². The van der Waals surface area contributed by atoms with Crippen molar-refractivity contribution >= 4 is 11.8 Å². The molecule has 72 valence electrons. The lowest BCUT2D eigenvalue weighted by molar-refractivity contribution is 0.121. The van der Waals surface area contributed by atoms with E-state index in [2.05, 4.69) is 4.84 Å². The van der Waals surface area contributed by atoms with Crippen molar-refractivity contribution in [1.82, 2.24) is 0 Å². The number of phenols is 1. The van der Waals surface area contributed by atoms with Gasteiger partial charge in [-0.3, -0.25) is 4.84 Å². The molecule has 0 bridgehead atoms. The molecule has 5 heteroatoms. The highest BCUT2D eigenvalue weighted by atomic mass is 32.2. The lowest BCUT2D eigenvalue weighted by atomic mass is 10.2. The Morgan fingerprint density at radius 2 is 2.31 bits per heavy atom. The normalized spacial score (nSPS) is 10.4. The summed E-state index contributed by atoms with van der Waals surface area (Å²) in [4.78, 5) is 4.53. The van der Waals surface area contributed by atoms with Gasteiger partial charge in [-0.15, -0.1) is 11.8 Å². The summed E-state index contributed by atoms with van der Waals surface area (Å²) in [6.07, 6.45) is 1.69. The van der Waals surface area contributed by atoms with E-state index < -0.39 is 5.82 Å². The van der Waals surface area contributed by atoms with Crippen LogP contribution in [0.25, 0.3) is 0 Å². The molecule has 13 heavy (non-hydrogen) atoms. The van der Waals surface area contributed by atoms with Crippen LogP contribution in [0, 0.1) is 5.82 Å². The van der Waals surface area contributed by atoms with Gasteiger partial charge in [0.25, 0.3) is 0 Å². The van der Waals surface area contributed by atoms with Crippen LogP contribution < -0.4 is 5.90 Å². The van der Waals surface area contributed by atoms with E-state index in [4.69, 9.17) is 5.90 Å². The number of benzene rings is 1. The lowest BCUT2D eigenvalue weighted by Gasteiger charge is -2.06. The Bertz CT molecular complexity index is 306. The molecule has 1 rings (SSSR count). The molecule has 3 N–H and O–H groups in total. The number of rotatable bonds is 3. The third-order valence-electron chi connectivity index (χ3n) is 1.60. The minimum atomic E-state index is -0.474. The van der Waals surface area contributed by atoms with Crippen LogP contribution in [-0.2, 0) is 11.4 Å². The van der Waals surface area contributed by atoms with E-state index in [9.17, 15) is 9.50 Å². The molecule has 0 aliphatic heterocycles. The Morgan fingerprint density at radius 3 is 2.85 bits per heavy atom. The van der Waals surface area contributed by atoms with Crippen LogP contribution in [0.4, 0.5) is 4.39 Å². The Labute approximate surface area is 79.7 Å². The minimum absolute atomic E-state index is 0.000324. The molecule has 0 aromatic heterocycles. The van der Waals surface area contributed by atoms with E-state index in [0.29, 0.717) is 5.56 Å². The SMILES string of the molecule is CSc1c(O)ccc(CON)c1F. The van der Waals surface area contributed by atoms with Crippen LogP contribution in [0.15, 0.2) is 17.0 Å². The van der Waals surface area contributed by atoms with Gasteiger partial charge in [-0.1, -0.05) is 0 Å². The molecule has 0 heterocycles. The Balaban J connectivity index is 3.11. The van der Waals surface area contributed by atoms with Gasteiger partial charge < -0.3 is 5.11 Å². The molecular weight excluding hydrogens is 193 g/mol. The third-order valence-corrected chi connectivity index (χ3v) is 2.40. The molecule has 0 saturated heterocycles. The van der Waals surface area contributed by atoms with E-state index in [1.807, 2.05) is 0 Å². The highest BCUT2D eigenvalue weighted by Crippen LogP contribution is 2.31. The predicted octanol–water partition coefficient (Wildman–Crippen LogP) is 1.64. The first-order valence-corrected chi connectivity index (χ1v) is 4.79. The fourth-order valence-corrected chi connectivity index (χ4v) is 1.57. The van der Waals surface area contributed by atoms with Crippen molar-refractivity contribution in [3.63, 3.8) is 0 Å². The van der Waals surface area contributed by atoms with Crippen molar-refractivity contribution in [3.8, 4) is 5.75 Å². The molecule has 1 aromatic rings. The molecule has 1 aromatic carbocycles. The Kier molecular flexibility index (Phi) is 3.53. The number of thioether (sulfide) groups is 1. The fraction of sp³-hybridized carbons (Fsp3) is 0.250. The van der Waals surface area contributed by atoms with Gasteiger partial charge in [0.2, 0.25) is 0 Å². The van der Waals surface area contributed by atoms with Crippen LogP contribution in [0.1, 0.15) is 5.56 Å². The van der Waals surface area contributed by atoms with E-state index in [1.165, 1.54) is 12.1 Å². The van der Waals surface area contributed by atoms with Gasteiger partial charge >= 0.3 is 0 Å². The molecule has 0 aliphatic rings. The van der Waals surface area contributed by atoms with E-state index in [0.717, 1.165) is 11.8 Å². The average molecular weight is 203 g/mol. The van der Waals surface area contributed by atoms with Gasteiger partial charge in [-0.2, -0.15) is 0 Å². The zero-order chi connectivity index (χ0) is 9.84. The van der Waals surface area contributed by atoms with Crippen molar-refractivity contribution in [1.29, 1.82) is 0 Å². The number of phenolic OH excluding ortho intramolecular Hbond substituents is 1. The number of aromatic hydroxyl groups is 1. The predicted molar refractivity (Wildman–Crippen MR) is 48.8 cm³/mol. The summed E-state index contributed by atoms with van der Waals surface area (Å²) in [6.45, 7) is -0.000324. The molecule has 0 atom stereocenters. The van der Waals surface area contributed by atoms with Gasteiger partial charge in [0.1, 0.15) is 11.6 Å². The second-order valence-corrected chi connectivity index (χ2v) is 3.22. The van der Waals surface area contributed by atoms with Gasteiger partial charge in [-0.25, -0.2) is 10.3 Å². The standard InChI is InChI=1S/C8H10FNO2S/c1-13-8-6(11)3-2-5(4-12-10)7(8)9/h2-3,11H,4,10H2,1H3. The van der Waals surface area contributed by atoms with Crippen LogP contribution in [0.5, 0.6) is 5.75 Å². The van der Waals surface area contributed by atoms with Crippen LogP contribution >= 0.6 is 11.8 Å². The summed E-state index contributed by atoms with van der Waals surface area (Å²) in [5.74, 6) is 4.28. The first-order chi connectivity index (χ1) is 6.20. The van der Waals surface area contributed by atoms with E-state index in [-0.39, 0.29) is 17.3 Å². The van der Waals surface area contributed by atoms with E-state index in [1.54, 1.807) is 6.26 Å². The summed E-state index contributed by atoms with van der Waals surface area (Å²) < 4.78 is 13.4. The third kappa shape index (κ3) is 2.12. The topological polar surface area (TPSA) is 55.5 Å². The summed E-state index contributed by atoms with van der Waals surface area (Å²) in [6, 6.07) is 2.86. The smallest absolute Gasteiger partial charge is 0.146 e. The largest absolute Gasteiger partial charge is 0.507 e. The first-order valence-electron chi connectivity index (χ1n) is 3.56. The molecule has 0 spiro atoms. The summed E-state index contributed by atoms with van der Waals surface area (Å²) in [5.41, 5.74) is 0.338. The van der Waals surface area contributed by atoms with Crippen molar-refractivity contribution in [2.75, 3.05) is 6.26 Å². The quantitative estimate of drug-likeness (QED) is 0.579. The van der Waals surface area contributed by atoms with Crippen molar-refractivity contribution in [3.05, 3.63) is 23.5 Å². The first kappa shape index (κ1) is 10.3. The number of nitrogens with two attached hydrogens (primary N) is 1. The summed E-state index contributed by atoms with van der Waals surface area (Å²) >= 11 is 1.14. The molecule has 0 unspecified atom stereocenters. The van der Waals surface area contributed by atoms with Crippen LogP contribution in [0.3, 0.4) is 0 Å². The second-order valence-electron chi connectivity index (χ2n) is 2.40. The van der Waals surface area contributed by atoms with Crippen molar-refractivity contribution in [2.45, 2.75) is 11.5 Å². The Morgan fingerprint density at radius 1 is 1.62 bits per heavy atom. The zero-order valence-corrected chi connectivity index (χ0v) is 7.90. The fourth-order valence-electron chi connectivity index (χ4n) is 0.982. The highest BCUT2D eigenvalue weighted by Gasteiger charge is 2.11. The highest BCUT2D eigenvalue weighted by molar-refractivity contribution is 7.98. The van der Waals surface area contributed by atoms with Crippen LogP contribution in [-0.4, -0.2) is 11.4 Å². The molecule has 0 aliphatic carbocycles. The Hall–Kier alpha value is -0.780. The number of hydrogen-bond acceptors (Lipinski definition) is 4. The molecule has 0 radical (unpaired) electrons. The molecule has 3 nitrogen and oxygen atoms in total. The van der Waals surface area contributed by atoms with Crippen LogP contribution in [0.2, 0.25) is 0 Å². The molecule has 0 saturated carbocycles. The lowest BCUT2D eigenvalue weighted by Crippen LogP contribution is -2.01. The van der Waals surface area contributed by atoms with Gasteiger partial charge in [0.05, 0.1) is 11.5 Å². The average Bonchev–Trinajstić information content (AvgIpc) is 2.11. The second kappa shape index (κ2) is 4.45.